The molecule has 0 aliphatic rings. The number of hydrogen-bond acceptors (Lipinski definition) is 5. The molecule has 31 heavy (non-hydrogen) atoms. The van der Waals surface area contributed by atoms with E-state index in [2.05, 4.69) is 21.6 Å². The number of fused-ring (bicyclic) bond motifs is 1. The minimum absolute atomic E-state index is 0.0199. The molecule has 0 spiro atoms. The fraction of sp³-hybridized carbons (Fsp3) is 0.182. The summed E-state index contributed by atoms with van der Waals surface area (Å²) in [6.07, 6.45) is -3.42. The van der Waals surface area contributed by atoms with Crippen molar-refractivity contribution in [3.05, 3.63) is 72.4 Å². The van der Waals surface area contributed by atoms with Crippen molar-refractivity contribution in [2.24, 2.45) is 0 Å². The zero-order chi connectivity index (χ0) is 22.6. The number of nitrogens with zero attached hydrogens (tertiary/aromatic N) is 1. The number of carbonyl (C=O) groups excluding carboxylic acids is 1. The van der Waals surface area contributed by atoms with Gasteiger partial charge in [0.05, 0.1) is 12.1 Å². The lowest BCUT2D eigenvalue weighted by Gasteiger charge is -2.19. The van der Waals surface area contributed by atoms with Gasteiger partial charge in [-0.2, -0.15) is 0 Å². The molecule has 9 heteroatoms. The lowest BCUT2D eigenvalue weighted by molar-refractivity contribution is -0.274. The van der Waals surface area contributed by atoms with Crippen LogP contribution in [0.5, 0.6) is 5.75 Å². The summed E-state index contributed by atoms with van der Waals surface area (Å²) >= 11 is 0. The Morgan fingerprint density at radius 1 is 1.26 bits per heavy atom. The van der Waals surface area contributed by atoms with E-state index in [9.17, 15) is 28.2 Å². The average molecular weight is 432 g/mol. The number of hydrogen-bond donors (Lipinski definition) is 3. The highest BCUT2D eigenvalue weighted by Gasteiger charge is 2.31. The second-order valence-electron chi connectivity index (χ2n) is 6.59. The van der Waals surface area contributed by atoms with Gasteiger partial charge in [0.2, 0.25) is 5.91 Å². The number of amides is 1. The molecule has 0 saturated carbocycles. The molecule has 6 nitrogen and oxygen atoms in total. The molecule has 0 fully saturated rings. The van der Waals surface area contributed by atoms with E-state index >= 15 is 0 Å². The molecule has 0 bridgehead atoms. The van der Waals surface area contributed by atoms with Crippen LogP contribution in [-0.2, 0) is 11.3 Å². The lowest BCUT2D eigenvalue weighted by Crippen LogP contribution is -2.22. The summed E-state index contributed by atoms with van der Waals surface area (Å²) in [5.74, 6) is -0.787. The van der Waals surface area contributed by atoms with Crippen LogP contribution < -0.4 is 10.1 Å². The molecule has 1 aromatic heterocycles. The van der Waals surface area contributed by atoms with E-state index in [0.717, 1.165) is 6.08 Å². The van der Waals surface area contributed by atoms with Crippen LogP contribution in [0.1, 0.15) is 17.2 Å². The van der Waals surface area contributed by atoms with Gasteiger partial charge in [-0.3, -0.25) is 9.78 Å². The first-order valence-electron chi connectivity index (χ1n) is 9.19. The first kappa shape index (κ1) is 22.3. The van der Waals surface area contributed by atoms with Crippen molar-refractivity contribution < 1.29 is 32.9 Å². The third-order valence-corrected chi connectivity index (χ3v) is 4.56. The van der Waals surface area contributed by atoms with Crippen LogP contribution in [0.25, 0.3) is 22.0 Å². The highest BCUT2D eigenvalue weighted by Crippen LogP contribution is 2.36. The zero-order valence-corrected chi connectivity index (χ0v) is 16.2. The Morgan fingerprint density at radius 2 is 1.97 bits per heavy atom. The molecule has 0 saturated heterocycles. The Labute approximate surface area is 175 Å². The summed E-state index contributed by atoms with van der Waals surface area (Å²) in [4.78, 5) is 16.0. The van der Waals surface area contributed by atoms with Crippen LogP contribution in [-0.4, -0.2) is 34.1 Å². The summed E-state index contributed by atoms with van der Waals surface area (Å²) in [6, 6.07) is 10.5. The quantitative estimate of drug-likeness (QED) is 0.496. The molecule has 0 aliphatic heterocycles. The molecule has 3 aromatic rings. The predicted octanol–water partition coefficient (Wildman–Crippen LogP) is 3.63. The zero-order valence-electron chi connectivity index (χ0n) is 16.2. The van der Waals surface area contributed by atoms with Gasteiger partial charge in [0.15, 0.2) is 0 Å². The number of pyridine rings is 1. The Hall–Kier alpha value is -3.43. The van der Waals surface area contributed by atoms with Crippen LogP contribution >= 0.6 is 0 Å². The van der Waals surface area contributed by atoms with Crippen LogP contribution in [0, 0.1) is 0 Å². The highest BCUT2D eigenvalue weighted by atomic mass is 19.4. The van der Waals surface area contributed by atoms with Gasteiger partial charge in [-0.25, -0.2) is 0 Å². The van der Waals surface area contributed by atoms with Crippen LogP contribution in [0.3, 0.4) is 0 Å². The van der Waals surface area contributed by atoms with Crippen molar-refractivity contribution in [3.63, 3.8) is 0 Å². The lowest BCUT2D eigenvalue weighted by atomic mass is 9.91. The van der Waals surface area contributed by atoms with Gasteiger partial charge in [0, 0.05) is 23.7 Å². The van der Waals surface area contributed by atoms with Gasteiger partial charge >= 0.3 is 6.36 Å². The molecule has 1 heterocycles. The smallest absolute Gasteiger partial charge is 0.406 e. The van der Waals surface area contributed by atoms with Gasteiger partial charge in [0.1, 0.15) is 11.9 Å². The minimum atomic E-state index is -4.79. The van der Waals surface area contributed by atoms with E-state index in [1.165, 1.54) is 30.5 Å². The van der Waals surface area contributed by atoms with Gasteiger partial charge in [-0.15, -0.1) is 13.2 Å². The summed E-state index contributed by atoms with van der Waals surface area (Å²) in [5.41, 5.74) is 2.45. The fourth-order valence-corrected chi connectivity index (χ4v) is 3.26. The van der Waals surface area contributed by atoms with Crippen molar-refractivity contribution in [1.82, 2.24) is 10.3 Å². The maximum absolute atomic E-state index is 12.4. The molecule has 0 unspecified atom stereocenters. The fourth-order valence-electron chi connectivity index (χ4n) is 3.26. The van der Waals surface area contributed by atoms with E-state index < -0.39 is 25.0 Å². The van der Waals surface area contributed by atoms with Crippen LogP contribution in [0.15, 0.2) is 61.3 Å². The summed E-state index contributed by atoms with van der Waals surface area (Å²) < 4.78 is 41.2. The van der Waals surface area contributed by atoms with Crippen molar-refractivity contribution in [1.29, 1.82) is 0 Å². The summed E-state index contributed by atoms with van der Waals surface area (Å²) in [7, 11) is 0. The third kappa shape index (κ3) is 5.19. The number of aromatic nitrogens is 1. The Bertz CT molecular complexity index is 1100. The van der Waals surface area contributed by atoms with Crippen molar-refractivity contribution >= 4 is 16.8 Å². The van der Waals surface area contributed by atoms with E-state index in [4.69, 9.17) is 0 Å². The van der Waals surface area contributed by atoms with Gasteiger partial charge in [-0.05, 0) is 47.0 Å². The van der Waals surface area contributed by atoms with Gasteiger partial charge < -0.3 is 20.3 Å². The maximum atomic E-state index is 12.4. The number of ether oxygens (including phenoxy) is 1. The Morgan fingerprint density at radius 3 is 2.58 bits per heavy atom. The average Bonchev–Trinajstić information content (AvgIpc) is 2.75. The number of alkyl halides is 3. The second kappa shape index (κ2) is 9.15. The number of benzene rings is 2. The van der Waals surface area contributed by atoms with E-state index in [1.807, 2.05) is 0 Å². The molecule has 1 amide bonds. The normalized spacial score (nSPS) is 12.4. The molecule has 0 aliphatic carbocycles. The summed E-state index contributed by atoms with van der Waals surface area (Å²) in [6.45, 7) is 2.85. The van der Waals surface area contributed by atoms with Crippen LogP contribution in [0.4, 0.5) is 13.2 Å². The first-order valence-corrected chi connectivity index (χ1v) is 9.19. The third-order valence-electron chi connectivity index (χ3n) is 4.56. The molecule has 0 radical (unpaired) electrons. The number of rotatable bonds is 7. The predicted molar refractivity (Wildman–Crippen MR) is 108 cm³/mol. The van der Waals surface area contributed by atoms with E-state index in [0.29, 0.717) is 33.2 Å². The van der Waals surface area contributed by atoms with Crippen LogP contribution in [0.2, 0.25) is 0 Å². The largest absolute Gasteiger partial charge is 0.573 e. The van der Waals surface area contributed by atoms with Crippen molar-refractivity contribution in [2.75, 3.05) is 6.61 Å². The standard InChI is InChI=1S/C22H19F3N2O4/c1-2-19(30)27-11-14-10-17(13-5-7-15(8-6-13)31-22(23,24)25)16-4-3-9-26-21(16)20(14)18(29)12-28/h2-10,18,28-29H,1,11-12H2,(H,27,30)/t18-/m1/s1. The SMILES string of the molecule is C=CC(=O)NCc1cc(-c2ccc(OC(F)(F)F)cc2)c2cccnc2c1[C@H](O)CO. The number of halogens is 3. The Balaban J connectivity index is 2.15. The van der Waals surface area contributed by atoms with Crippen molar-refractivity contribution in [2.45, 2.75) is 19.0 Å². The Kier molecular flexibility index (Phi) is 6.57. The number of aliphatic hydroxyl groups excluding tert-OH is 2. The number of aliphatic hydroxyl groups is 2. The first-order chi connectivity index (χ1) is 14.7. The van der Waals surface area contributed by atoms with Gasteiger partial charge in [-0.1, -0.05) is 24.8 Å². The molecular weight excluding hydrogens is 413 g/mol. The minimum Gasteiger partial charge on any atom is -0.406 e. The summed E-state index contributed by atoms with van der Waals surface area (Å²) in [5, 5.41) is 23.2. The molecule has 3 N–H and O–H groups in total. The molecule has 1 atom stereocenters. The van der Waals surface area contributed by atoms with Crippen molar-refractivity contribution in [3.8, 4) is 16.9 Å². The van der Waals surface area contributed by atoms with E-state index in [1.54, 1.807) is 18.2 Å². The number of carbonyl (C=O) groups is 1. The maximum Gasteiger partial charge on any atom is 0.573 e. The monoisotopic (exact) mass is 432 g/mol. The number of nitrogens with one attached hydrogen (secondary N) is 1. The van der Waals surface area contributed by atoms with Gasteiger partial charge in [0.25, 0.3) is 0 Å². The molecule has 162 valence electrons. The molecular formula is C22H19F3N2O4. The topological polar surface area (TPSA) is 91.7 Å². The van der Waals surface area contributed by atoms with E-state index in [-0.39, 0.29) is 12.3 Å². The highest BCUT2D eigenvalue weighted by molar-refractivity contribution is 5.97. The second-order valence-corrected chi connectivity index (χ2v) is 6.59. The molecule has 3 rings (SSSR count). The molecule has 2 aromatic carbocycles.